The smallest absolute Gasteiger partial charge is 0.325 e. The number of carbonyl (C=O) groups is 2. The number of benzene rings is 1. The Labute approximate surface area is 110 Å². The summed E-state index contributed by atoms with van der Waals surface area (Å²) in [5.74, 6) is -0.00417. The van der Waals surface area contributed by atoms with Gasteiger partial charge in [-0.3, -0.25) is 9.59 Å². The highest BCUT2D eigenvalue weighted by atomic mass is 16.7. The molecule has 0 fully saturated rings. The van der Waals surface area contributed by atoms with Gasteiger partial charge in [0.15, 0.2) is 11.5 Å². The van der Waals surface area contributed by atoms with Crippen molar-refractivity contribution in [3.05, 3.63) is 23.8 Å². The van der Waals surface area contributed by atoms with Gasteiger partial charge in [0, 0.05) is 6.42 Å². The maximum absolute atomic E-state index is 11.6. The largest absolute Gasteiger partial charge is 0.480 e. The van der Waals surface area contributed by atoms with Gasteiger partial charge in [-0.05, 0) is 25.0 Å². The number of carboxylic acids is 1. The third-order valence-corrected chi connectivity index (χ3v) is 2.85. The predicted molar refractivity (Wildman–Crippen MR) is 66.1 cm³/mol. The van der Waals surface area contributed by atoms with Crippen molar-refractivity contribution in [1.29, 1.82) is 0 Å². The monoisotopic (exact) mass is 265 g/mol. The average molecular weight is 265 g/mol. The van der Waals surface area contributed by atoms with Gasteiger partial charge in [0.05, 0.1) is 0 Å². The van der Waals surface area contributed by atoms with Crippen molar-refractivity contribution >= 4 is 11.9 Å². The number of para-hydroxylation sites is 1. The van der Waals surface area contributed by atoms with E-state index < -0.39 is 12.0 Å². The van der Waals surface area contributed by atoms with E-state index in [1.807, 2.05) is 12.1 Å². The van der Waals surface area contributed by atoms with E-state index in [0.29, 0.717) is 17.9 Å². The van der Waals surface area contributed by atoms with Gasteiger partial charge in [-0.2, -0.15) is 0 Å². The standard InChI is InChI=1S/C13H15NO5/c1-8(13(16)17)14-11(15)6-5-9-3-2-4-10-12(9)19-7-18-10/h2-4,8H,5-7H2,1H3,(H,14,15)(H,16,17)/t8-/m0/s1. The molecule has 6 heteroatoms. The Kier molecular flexibility index (Phi) is 3.89. The highest BCUT2D eigenvalue weighted by Gasteiger charge is 2.18. The van der Waals surface area contributed by atoms with Crippen LogP contribution in [0.1, 0.15) is 18.9 Å². The van der Waals surface area contributed by atoms with Gasteiger partial charge in [-0.25, -0.2) is 0 Å². The van der Waals surface area contributed by atoms with Gasteiger partial charge in [-0.1, -0.05) is 12.1 Å². The molecule has 0 radical (unpaired) electrons. The first-order valence-electron chi connectivity index (χ1n) is 5.97. The first-order chi connectivity index (χ1) is 9.08. The SMILES string of the molecule is C[C@H](NC(=O)CCc1cccc2c1OCO2)C(=O)O. The average Bonchev–Trinajstić information content (AvgIpc) is 2.84. The lowest BCUT2D eigenvalue weighted by molar-refractivity contribution is -0.141. The summed E-state index contributed by atoms with van der Waals surface area (Å²) in [4.78, 5) is 22.2. The number of hydrogen-bond donors (Lipinski definition) is 2. The van der Waals surface area contributed by atoms with Gasteiger partial charge in [-0.15, -0.1) is 0 Å². The maximum Gasteiger partial charge on any atom is 0.325 e. The van der Waals surface area contributed by atoms with Crippen molar-refractivity contribution in [2.75, 3.05) is 6.79 Å². The summed E-state index contributed by atoms with van der Waals surface area (Å²) in [7, 11) is 0. The van der Waals surface area contributed by atoms with Crippen LogP contribution in [0.5, 0.6) is 11.5 Å². The fourth-order valence-corrected chi connectivity index (χ4v) is 1.81. The maximum atomic E-state index is 11.6. The minimum Gasteiger partial charge on any atom is -0.480 e. The van der Waals surface area contributed by atoms with Crippen LogP contribution in [0.2, 0.25) is 0 Å². The zero-order chi connectivity index (χ0) is 13.8. The molecule has 2 rings (SSSR count). The van der Waals surface area contributed by atoms with Gasteiger partial charge >= 0.3 is 5.97 Å². The molecule has 102 valence electrons. The van der Waals surface area contributed by atoms with Crippen LogP contribution in [-0.4, -0.2) is 29.8 Å². The van der Waals surface area contributed by atoms with Crippen molar-refractivity contribution in [3.63, 3.8) is 0 Å². The molecule has 1 aromatic rings. The molecule has 1 aromatic carbocycles. The van der Waals surface area contributed by atoms with E-state index in [2.05, 4.69) is 5.32 Å². The minimum atomic E-state index is -1.05. The normalized spacial score (nSPS) is 13.9. The quantitative estimate of drug-likeness (QED) is 0.827. The number of rotatable bonds is 5. The lowest BCUT2D eigenvalue weighted by Gasteiger charge is -2.09. The lowest BCUT2D eigenvalue weighted by Crippen LogP contribution is -2.38. The van der Waals surface area contributed by atoms with Crippen LogP contribution in [0.15, 0.2) is 18.2 Å². The van der Waals surface area contributed by atoms with Crippen molar-refractivity contribution in [2.24, 2.45) is 0 Å². The molecule has 1 heterocycles. The zero-order valence-electron chi connectivity index (χ0n) is 10.5. The van der Waals surface area contributed by atoms with E-state index in [0.717, 1.165) is 5.56 Å². The molecule has 0 spiro atoms. The van der Waals surface area contributed by atoms with Crippen LogP contribution in [0.25, 0.3) is 0 Å². The molecule has 0 aliphatic carbocycles. The Morgan fingerprint density at radius 2 is 2.21 bits per heavy atom. The number of amides is 1. The second kappa shape index (κ2) is 5.60. The molecule has 0 aromatic heterocycles. The van der Waals surface area contributed by atoms with Gasteiger partial charge in [0.25, 0.3) is 0 Å². The van der Waals surface area contributed by atoms with Gasteiger partial charge in [0.1, 0.15) is 6.04 Å². The molecular formula is C13H15NO5. The first kappa shape index (κ1) is 13.2. The minimum absolute atomic E-state index is 0.189. The van der Waals surface area contributed by atoms with Crippen molar-refractivity contribution in [3.8, 4) is 11.5 Å². The summed E-state index contributed by atoms with van der Waals surface area (Å²) in [6.07, 6.45) is 0.683. The summed E-state index contributed by atoms with van der Waals surface area (Å²) in [5.41, 5.74) is 0.883. The zero-order valence-corrected chi connectivity index (χ0v) is 10.5. The fraction of sp³-hybridized carbons (Fsp3) is 0.385. The summed E-state index contributed by atoms with van der Waals surface area (Å²) in [6.45, 7) is 1.62. The van der Waals surface area contributed by atoms with Crippen molar-refractivity contribution in [1.82, 2.24) is 5.32 Å². The van der Waals surface area contributed by atoms with E-state index in [9.17, 15) is 9.59 Å². The molecule has 1 aliphatic heterocycles. The van der Waals surface area contributed by atoms with E-state index in [1.54, 1.807) is 6.07 Å². The molecule has 6 nitrogen and oxygen atoms in total. The van der Waals surface area contributed by atoms with Gasteiger partial charge in [0.2, 0.25) is 12.7 Å². The lowest BCUT2D eigenvalue weighted by atomic mass is 10.1. The molecule has 2 N–H and O–H groups in total. The Hall–Kier alpha value is -2.24. The summed E-state index contributed by atoms with van der Waals surface area (Å²) in [6, 6.07) is 4.62. The van der Waals surface area contributed by atoms with Crippen LogP contribution in [0.4, 0.5) is 0 Å². The Morgan fingerprint density at radius 3 is 2.95 bits per heavy atom. The first-order valence-corrected chi connectivity index (χ1v) is 5.97. The predicted octanol–water partition coefficient (Wildman–Crippen LogP) is 0.937. The van der Waals surface area contributed by atoms with Gasteiger partial charge < -0.3 is 19.9 Å². The number of ether oxygens (including phenoxy) is 2. The fourth-order valence-electron chi connectivity index (χ4n) is 1.81. The summed E-state index contributed by atoms with van der Waals surface area (Å²) >= 11 is 0. The van der Waals surface area contributed by atoms with Crippen LogP contribution in [0, 0.1) is 0 Å². The number of carbonyl (C=O) groups excluding carboxylic acids is 1. The van der Waals surface area contributed by atoms with E-state index in [4.69, 9.17) is 14.6 Å². The summed E-state index contributed by atoms with van der Waals surface area (Å²) in [5, 5.41) is 11.1. The number of nitrogens with one attached hydrogen (secondary N) is 1. The highest BCUT2D eigenvalue weighted by molar-refractivity contribution is 5.83. The molecule has 0 bridgehead atoms. The molecule has 1 amide bonds. The van der Waals surface area contributed by atoms with E-state index in [1.165, 1.54) is 6.92 Å². The molecule has 1 aliphatic rings. The van der Waals surface area contributed by atoms with E-state index >= 15 is 0 Å². The summed E-state index contributed by atoms with van der Waals surface area (Å²) < 4.78 is 10.6. The van der Waals surface area contributed by atoms with Crippen molar-refractivity contribution < 1.29 is 24.2 Å². The Morgan fingerprint density at radius 1 is 1.42 bits per heavy atom. The topological polar surface area (TPSA) is 84.9 Å². The van der Waals surface area contributed by atoms with E-state index in [-0.39, 0.29) is 19.1 Å². The Bertz CT molecular complexity index is 500. The third kappa shape index (κ3) is 3.15. The highest BCUT2D eigenvalue weighted by Crippen LogP contribution is 2.35. The molecule has 0 saturated carbocycles. The third-order valence-electron chi connectivity index (χ3n) is 2.85. The van der Waals surface area contributed by atoms with Crippen LogP contribution < -0.4 is 14.8 Å². The van der Waals surface area contributed by atoms with Crippen LogP contribution in [0.3, 0.4) is 0 Å². The molecule has 0 saturated heterocycles. The number of hydrogen-bond acceptors (Lipinski definition) is 4. The van der Waals surface area contributed by atoms with Crippen LogP contribution in [-0.2, 0) is 16.0 Å². The molecule has 1 atom stereocenters. The molecule has 0 unspecified atom stereocenters. The number of fused-ring (bicyclic) bond motifs is 1. The molecular weight excluding hydrogens is 250 g/mol. The molecule has 19 heavy (non-hydrogen) atoms. The number of carboxylic acid groups (broad SMARTS) is 1. The second-order valence-electron chi connectivity index (χ2n) is 4.28. The second-order valence-corrected chi connectivity index (χ2v) is 4.28. The number of aryl methyl sites for hydroxylation is 1. The Balaban J connectivity index is 1.91. The van der Waals surface area contributed by atoms with Crippen molar-refractivity contribution in [2.45, 2.75) is 25.8 Å². The number of aliphatic carboxylic acids is 1. The van der Waals surface area contributed by atoms with Crippen LogP contribution >= 0.6 is 0 Å².